The quantitative estimate of drug-likeness (QED) is 0.742. The molecule has 5 nitrogen and oxygen atoms in total. The Kier molecular flexibility index (Phi) is 6.59. The lowest BCUT2D eigenvalue weighted by molar-refractivity contribution is -0.140. The monoisotopic (exact) mass is 347 g/mol. The van der Waals surface area contributed by atoms with Crippen LogP contribution in [0.15, 0.2) is 24.3 Å². The van der Waals surface area contributed by atoms with Gasteiger partial charge in [-0.1, -0.05) is 32.9 Å². The largest absolute Gasteiger partial charge is 0.469 e. The number of esters is 1. The summed E-state index contributed by atoms with van der Waals surface area (Å²) in [6, 6.07) is 7.72. The molecule has 1 aliphatic rings. The normalized spacial score (nSPS) is 17.4. The molecular weight excluding hydrogens is 318 g/mol. The Morgan fingerprint density at radius 2 is 1.92 bits per heavy atom. The molecule has 1 heterocycles. The van der Waals surface area contributed by atoms with E-state index in [0.717, 1.165) is 19.4 Å². The van der Waals surface area contributed by atoms with Crippen molar-refractivity contribution in [2.24, 2.45) is 0 Å². The fourth-order valence-electron chi connectivity index (χ4n) is 2.93. The summed E-state index contributed by atoms with van der Waals surface area (Å²) in [6.45, 7) is 8.02. The van der Waals surface area contributed by atoms with Crippen molar-refractivity contribution in [1.82, 2.24) is 4.90 Å². The first-order valence-electron chi connectivity index (χ1n) is 8.89. The Morgan fingerprint density at radius 1 is 1.24 bits per heavy atom. The van der Waals surface area contributed by atoms with Crippen LogP contribution in [-0.4, -0.2) is 49.7 Å². The molecule has 0 N–H and O–H groups in total. The third-order valence-corrected chi connectivity index (χ3v) is 4.55. The Bertz CT molecular complexity index is 583. The summed E-state index contributed by atoms with van der Waals surface area (Å²) in [6.07, 6.45) is 2.21. The van der Waals surface area contributed by atoms with E-state index in [1.165, 1.54) is 12.7 Å². The van der Waals surface area contributed by atoms with E-state index in [2.05, 4.69) is 20.8 Å². The first-order valence-corrected chi connectivity index (χ1v) is 8.89. The minimum atomic E-state index is -0.312. The van der Waals surface area contributed by atoms with Crippen LogP contribution in [0.1, 0.15) is 56.0 Å². The molecule has 0 aliphatic carbocycles. The molecule has 5 heteroatoms. The Hall–Kier alpha value is -1.88. The van der Waals surface area contributed by atoms with Gasteiger partial charge in [-0.15, -0.1) is 0 Å². The van der Waals surface area contributed by atoms with Gasteiger partial charge in [0, 0.05) is 25.3 Å². The molecule has 0 aromatic heterocycles. The van der Waals surface area contributed by atoms with E-state index in [9.17, 15) is 9.59 Å². The molecule has 25 heavy (non-hydrogen) atoms. The van der Waals surface area contributed by atoms with E-state index < -0.39 is 0 Å². The van der Waals surface area contributed by atoms with Crippen LogP contribution >= 0.6 is 0 Å². The number of benzene rings is 1. The number of amides is 1. The topological polar surface area (TPSA) is 55.8 Å². The van der Waals surface area contributed by atoms with Crippen LogP contribution in [0.2, 0.25) is 0 Å². The Balaban J connectivity index is 2.10. The Morgan fingerprint density at radius 3 is 2.44 bits per heavy atom. The van der Waals surface area contributed by atoms with Crippen molar-refractivity contribution in [1.29, 1.82) is 0 Å². The average Bonchev–Trinajstić information content (AvgIpc) is 3.10. The van der Waals surface area contributed by atoms with Crippen molar-refractivity contribution in [2.75, 3.05) is 26.8 Å². The van der Waals surface area contributed by atoms with Gasteiger partial charge in [-0.3, -0.25) is 9.59 Å². The summed E-state index contributed by atoms with van der Waals surface area (Å²) in [4.78, 5) is 26.1. The fraction of sp³-hybridized carbons (Fsp3) is 0.600. The maximum absolute atomic E-state index is 12.9. The van der Waals surface area contributed by atoms with Gasteiger partial charge in [0.25, 0.3) is 5.91 Å². The third-order valence-electron chi connectivity index (χ3n) is 4.55. The second-order valence-electron chi connectivity index (χ2n) is 7.54. The SMILES string of the molecule is COC(=O)CCN(CC1CCCO1)C(=O)c1ccc(C(C)(C)C)cc1. The molecular formula is C20H29NO4. The van der Waals surface area contributed by atoms with Crippen LogP contribution < -0.4 is 0 Å². The van der Waals surface area contributed by atoms with Gasteiger partial charge in [-0.05, 0) is 36.0 Å². The third kappa shape index (κ3) is 5.56. The number of ether oxygens (including phenoxy) is 2. The van der Waals surface area contributed by atoms with Crippen LogP contribution in [-0.2, 0) is 19.7 Å². The van der Waals surface area contributed by atoms with Crippen LogP contribution in [0, 0.1) is 0 Å². The van der Waals surface area contributed by atoms with Gasteiger partial charge in [0.05, 0.1) is 19.6 Å². The highest BCUT2D eigenvalue weighted by molar-refractivity contribution is 5.94. The summed E-state index contributed by atoms with van der Waals surface area (Å²) in [7, 11) is 1.36. The molecule has 1 aromatic rings. The highest BCUT2D eigenvalue weighted by Gasteiger charge is 2.24. The first-order chi connectivity index (χ1) is 11.8. The van der Waals surface area contributed by atoms with Crippen molar-refractivity contribution in [3.05, 3.63) is 35.4 Å². The van der Waals surface area contributed by atoms with E-state index >= 15 is 0 Å². The number of hydrogen-bond donors (Lipinski definition) is 0. The zero-order valence-electron chi connectivity index (χ0n) is 15.7. The van der Waals surface area contributed by atoms with Crippen molar-refractivity contribution in [3.63, 3.8) is 0 Å². The highest BCUT2D eigenvalue weighted by atomic mass is 16.5. The molecule has 0 radical (unpaired) electrons. The molecule has 1 aromatic carbocycles. The zero-order valence-corrected chi connectivity index (χ0v) is 15.7. The maximum Gasteiger partial charge on any atom is 0.307 e. The minimum absolute atomic E-state index is 0.0455. The number of nitrogens with zero attached hydrogens (tertiary/aromatic N) is 1. The molecule has 1 fully saturated rings. The summed E-state index contributed by atoms with van der Waals surface area (Å²) in [5.41, 5.74) is 1.87. The lowest BCUT2D eigenvalue weighted by atomic mass is 9.86. The van der Waals surface area contributed by atoms with Crippen molar-refractivity contribution >= 4 is 11.9 Å². The molecule has 0 saturated carbocycles. The summed E-state index contributed by atoms with van der Waals surface area (Å²) >= 11 is 0. The zero-order chi connectivity index (χ0) is 18.4. The lowest BCUT2D eigenvalue weighted by Crippen LogP contribution is -2.39. The van der Waals surface area contributed by atoms with Crippen LogP contribution in [0.5, 0.6) is 0 Å². The van der Waals surface area contributed by atoms with Crippen molar-refractivity contribution in [3.8, 4) is 0 Å². The standard InChI is InChI=1S/C20H29NO4/c1-20(2,3)16-9-7-15(8-10-16)19(23)21(12-11-18(22)24-4)14-17-6-5-13-25-17/h7-10,17H,5-6,11-14H2,1-4H3. The fourth-order valence-corrected chi connectivity index (χ4v) is 2.93. The van der Waals surface area contributed by atoms with Crippen LogP contribution in [0.25, 0.3) is 0 Å². The number of carbonyl (C=O) groups excluding carboxylic acids is 2. The lowest BCUT2D eigenvalue weighted by Gasteiger charge is -2.26. The predicted molar refractivity (Wildman–Crippen MR) is 96.7 cm³/mol. The molecule has 0 bridgehead atoms. The number of hydrogen-bond acceptors (Lipinski definition) is 4. The molecule has 138 valence electrons. The molecule has 1 saturated heterocycles. The summed E-state index contributed by atoms with van der Waals surface area (Å²) < 4.78 is 10.4. The smallest absolute Gasteiger partial charge is 0.307 e. The summed E-state index contributed by atoms with van der Waals surface area (Å²) in [5, 5.41) is 0. The van der Waals surface area contributed by atoms with E-state index in [-0.39, 0.29) is 29.8 Å². The van der Waals surface area contributed by atoms with Crippen LogP contribution in [0.3, 0.4) is 0 Å². The van der Waals surface area contributed by atoms with Gasteiger partial charge in [0.2, 0.25) is 0 Å². The van der Waals surface area contributed by atoms with Gasteiger partial charge in [0.15, 0.2) is 0 Å². The molecule has 1 aliphatic heterocycles. The van der Waals surface area contributed by atoms with E-state index in [1.54, 1.807) is 4.90 Å². The molecule has 0 spiro atoms. The average molecular weight is 347 g/mol. The molecule has 1 unspecified atom stereocenters. The van der Waals surface area contributed by atoms with E-state index in [0.29, 0.717) is 18.7 Å². The Labute approximate surface area is 150 Å². The van der Waals surface area contributed by atoms with Gasteiger partial charge in [0.1, 0.15) is 0 Å². The molecule has 2 rings (SSSR count). The minimum Gasteiger partial charge on any atom is -0.469 e. The second kappa shape index (κ2) is 8.48. The highest BCUT2D eigenvalue weighted by Crippen LogP contribution is 2.23. The summed E-state index contributed by atoms with van der Waals surface area (Å²) in [5.74, 6) is -0.381. The van der Waals surface area contributed by atoms with Gasteiger partial charge in [-0.25, -0.2) is 0 Å². The number of methoxy groups -OCH3 is 1. The second-order valence-corrected chi connectivity index (χ2v) is 7.54. The molecule has 1 amide bonds. The van der Waals surface area contributed by atoms with Crippen molar-refractivity contribution in [2.45, 2.75) is 51.6 Å². The van der Waals surface area contributed by atoms with E-state index in [1.807, 2.05) is 24.3 Å². The van der Waals surface area contributed by atoms with Gasteiger partial charge >= 0.3 is 5.97 Å². The molecule has 1 atom stereocenters. The van der Waals surface area contributed by atoms with Crippen molar-refractivity contribution < 1.29 is 19.1 Å². The predicted octanol–water partition coefficient (Wildman–Crippen LogP) is 3.17. The number of rotatable bonds is 6. The van der Waals surface area contributed by atoms with Gasteiger partial charge in [-0.2, -0.15) is 0 Å². The maximum atomic E-state index is 12.9. The first kappa shape index (κ1) is 19.4. The van der Waals surface area contributed by atoms with Crippen LogP contribution in [0.4, 0.5) is 0 Å². The number of carbonyl (C=O) groups is 2. The van der Waals surface area contributed by atoms with E-state index in [4.69, 9.17) is 9.47 Å². The van der Waals surface area contributed by atoms with Gasteiger partial charge < -0.3 is 14.4 Å².